The molecule has 0 aliphatic carbocycles. The molecule has 7 nitrogen and oxygen atoms in total. The van der Waals surface area contributed by atoms with Crippen molar-refractivity contribution in [1.29, 1.82) is 0 Å². The van der Waals surface area contributed by atoms with Gasteiger partial charge in [0.25, 0.3) is 0 Å². The number of hydrogen-bond donors (Lipinski definition) is 2. The van der Waals surface area contributed by atoms with Gasteiger partial charge in [-0.15, -0.1) is 0 Å². The maximum atomic E-state index is 12.5. The van der Waals surface area contributed by atoms with E-state index in [2.05, 4.69) is 15.0 Å². The number of amides is 1. The van der Waals surface area contributed by atoms with Crippen LogP contribution in [0.3, 0.4) is 0 Å². The third-order valence-corrected chi connectivity index (χ3v) is 4.21. The number of H-pyrrole nitrogens is 1. The van der Waals surface area contributed by atoms with E-state index in [9.17, 15) is 9.59 Å². The normalized spacial score (nSPS) is 11.0. The van der Waals surface area contributed by atoms with Gasteiger partial charge in [0, 0.05) is 36.1 Å². The zero-order chi connectivity index (χ0) is 18.3. The molecule has 0 spiro atoms. The number of imidazole rings is 2. The topological polar surface area (TPSA) is 107 Å². The van der Waals surface area contributed by atoms with E-state index < -0.39 is 5.91 Å². The van der Waals surface area contributed by atoms with Crippen LogP contribution in [0.25, 0.3) is 22.4 Å². The molecule has 0 atom stereocenters. The first-order valence-corrected chi connectivity index (χ1v) is 7.95. The van der Waals surface area contributed by atoms with Crippen LogP contribution in [0.5, 0.6) is 0 Å². The molecule has 0 aliphatic heterocycles. The molecule has 26 heavy (non-hydrogen) atoms. The number of ketones is 1. The summed E-state index contributed by atoms with van der Waals surface area (Å²) >= 11 is 0. The standard InChI is InChI=1S/C19H15N5O2/c1-24-9-8-21-19(24)16(25)11-2-4-12(5-3-11)18-22-14-7-6-13(17(20)26)10-15(14)23-18/h2-10H,1H3,(H2,20,26)(H,22,23). The van der Waals surface area contributed by atoms with Crippen LogP contribution in [-0.4, -0.2) is 31.2 Å². The first-order valence-electron chi connectivity index (χ1n) is 7.95. The zero-order valence-electron chi connectivity index (χ0n) is 13.9. The number of carbonyl (C=O) groups is 2. The molecule has 0 fully saturated rings. The van der Waals surface area contributed by atoms with Crippen molar-refractivity contribution in [2.75, 3.05) is 0 Å². The van der Waals surface area contributed by atoms with Crippen molar-refractivity contribution in [2.45, 2.75) is 0 Å². The van der Waals surface area contributed by atoms with E-state index >= 15 is 0 Å². The zero-order valence-corrected chi connectivity index (χ0v) is 13.9. The molecule has 4 aromatic rings. The molecule has 0 bridgehead atoms. The number of fused-ring (bicyclic) bond motifs is 1. The van der Waals surface area contributed by atoms with Crippen molar-refractivity contribution in [3.05, 3.63) is 71.8 Å². The Kier molecular flexibility index (Phi) is 3.62. The molecule has 1 amide bonds. The van der Waals surface area contributed by atoms with Crippen LogP contribution in [0.1, 0.15) is 26.5 Å². The lowest BCUT2D eigenvalue weighted by molar-refractivity contribution is 0.0998. The van der Waals surface area contributed by atoms with Crippen LogP contribution in [-0.2, 0) is 7.05 Å². The number of primary amides is 1. The highest BCUT2D eigenvalue weighted by Crippen LogP contribution is 2.22. The minimum atomic E-state index is -0.492. The van der Waals surface area contributed by atoms with Gasteiger partial charge in [-0.2, -0.15) is 0 Å². The van der Waals surface area contributed by atoms with Crippen LogP contribution in [0.15, 0.2) is 54.9 Å². The number of aryl methyl sites for hydroxylation is 1. The summed E-state index contributed by atoms with van der Waals surface area (Å²) in [6, 6.07) is 12.2. The van der Waals surface area contributed by atoms with Gasteiger partial charge in [-0.1, -0.05) is 24.3 Å². The Morgan fingerprint density at radius 3 is 2.46 bits per heavy atom. The van der Waals surface area contributed by atoms with E-state index in [0.29, 0.717) is 28.3 Å². The number of aromatic nitrogens is 4. The number of aromatic amines is 1. The second kappa shape index (κ2) is 5.96. The van der Waals surface area contributed by atoms with Crippen LogP contribution in [0, 0.1) is 0 Å². The molecule has 128 valence electrons. The van der Waals surface area contributed by atoms with E-state index in [4.69, 9.17) is 5.73 Å². The highest BCUT2D eigenvalue weighted by Gasteiger charge is 2.14. The van der Waals surface area contributed by atoms with Crippen molar-refractivity contribution < 1.29 is 9.59 Å². The largest absolute Gasteiger partial charge is 0.366 e. The van der Waals surface area contributed by atoms with Crippen molar-refractivity contribution in [3.63, 3.8) is 0 Å². The first-order chi connectivity index (χ1) is 12.5. The maximum Gasteiger partial charge on any atom is 0.248 e. The molecule has 4 rings (SSSR count). The summed E-state index contributed by atoms with van der Waals surface area (Å²) in [5.41, 5.74) is 8.56. The Morgan fingerprint density at radius 1 is 1.08 bits per heavy atom. The van der Waals surface area contributed by atoms with Gasteiger partial charge in [0.05, 0.1) is 11.0 Å². The molecule has 0 unspecified atom stereocenters. The van der Waals surface area contributed by atoms with Gasteiger partial charge in [0.1, 0.15) is 5.82 Å². The highest BCUT2D eigenvalue weighted by atomic mass is 16.1. The molecular formula is C19H15N5O2. The Labute approximate surface area is 148 Å². The molecule has 3 N–H and O–H groups in total. The van der Waals surface area contributed by atoms with E-state index in [1.54, 1.807) is 54.3 Å². The van der Waals surface area contributed by atoms with E-state index in [1.807, 2.05) is 12.1 Å². The minimum Gasteiger partial charge on any atom is -0.366 e. The third-order valence-electron chi connectivity index (χ3n) is 4.21. The third kappa shape index (κ3) is 2.65. The average molecular weight is 345 g/mol. The number of nitrogens with one attached hydrogen (secondary N) is 1. The monoisotopic (exact) mass is 345 g/mol. The predicted molar refractivity (Wildman–Crippen MR) is 96.7 cm³/mol. The Hall–Kier alpha value is -3.74. The highest BCUT2D eigenvalue weighted by molar-refractivity contribution is 6.06. The van der Waals surface area contributed by atoms with Crippen molar-refractivity contribution in [1.82, 2.24) is 19.5 Å². The van der Waals surface area contributed by atoms with Gasteiger partial charge in [-0.25, -0.2) is 9.97 Å². The first kappa shape index (κ1) is 15.8. The second-order valence-electron chi connectivity index (χ2n) is 5.95. The van der Waals surface area contributed by atoms with Gasteiger partial charge in [0.15, 0.2) is 5.82 Å². The van der Waals surface area contributed by atoms with Gasteiger partial charge in [0.2, 0.25) is 11.7 Å². The van der Waals surface area contributed by atoms with E-state index in [-0.39, 0.29) is 5.78 Å². The van der Waals surface area contributed by atoms with Gasteiger partial charge in [-0.05, 0) is 18.2 Å². The number of carbonyl (C=O) groups excluding carboxylic acids is 2. The SMILES string of the molecule is Cn1ccnc1C(=O)c1ccc(-c2nc3cc(C(N)=O)ccc3[nH]2)cc1. The molecule has 0 saturated carbocycles. The van der Waals surface area contributed by atoms with Crippen molar-refractivity contribution in [3.8, 4) is 11.4 Å². The minimum absolute atomic E-state index is 0.139. The van der Waals surface area contributed by atoms with E-state index in [1.165, 1.54) is 0 Å². The van der Waals surface area contributed by atoms with Crippen LogP contribution in [0.2, 0.25) is 0 Å². The Bertz CT molecular complexity index is 1140. The van der Waals surface area contributed by atoms with Gasteiger partial charge < -0.3 is 15.3 Å². The quantitative estimate of drug-likeness (QED) is 0.553. The number of hydrogen-bond acceptors (Lipinski definition) is 4. The number of nitrogens with two attached hydrogens (primary N) is 1. The molecule has 2 aromatic heterocycles. The molecule has 0 saturated heterocycles. The lowest BCUT2D eigenvalue weighted by Crippen LogP contribution is -2.10. The van der Waals surface area contributed by atoms with Gasteiger partial charge in [-0.3, -0.25) is 9.59 Å². The fourth-order valence-corrected chi connectivity index (χ4v) is 2.79. The molecule has 2 heterocycles. The predicted octanol–water partition coefficient (Wildman–Crippen LogP) is 2.29. The number of rotatable bonds is 4. The lowest BCUT2D eigenvalue weighted by Gasteiger charge is -2.02. The van der Waals surface area contributed by atoms with Crippen molar-refractivity contribution in [2.24, 2.45) is 12.8 Å². The van der Waals surface area contributed by atoms with E-state index in [0.717, 1.165) is 11.1 Å². The fraction of sp³-hybridized carbons (Fsp3) is 0.0526. The summed E-state index contributed by atoms with van der Waals surface area (Å²) in [5.74, 6) is 0.409. The summed E-state index contributed by atoms with van der Waals surface area (Å²) in [7, 11) is 1.78. The Balaban J connectivity index is 1.66. The number of nitrogens with zero attached hydrogens (tertiary/aromatic N) is 3. The molecule has 7 heteroatoms. The molecule has 0 aliphatic rings. The summed E-state index contributed by atoms with van der Waals surface area (Å²) < 4.78 is 1.69. The fourth-order valence-electron chi connectivity index (χ4n) is 2.79. The average Bonchev–Trinajstić information content (AvgIpc) is 3.26. The van der Waals surface area contributed by atoms with Crippen molar-refractivity contribution >= 4 is 22.7 Å². The van der Waals surface area contributed by atoms with Crippen LogP contribution in [0.4, 0.5) is 0 Å². The smallest absolute Gasteiger partial charge is 0.248 e. The number of benzene rings is 2. The Morgan fingerprint density at radius 2 is 1.81 bits per heavy atom. The van der Waals surface area contributed by atoms with Crippen LogP contribution < -0.4 is 5.73 Å². The van der Waals surface area contributed by atoms with Gasteiger partial charge >= 0.3 is 0 Å². The molecular weight excluding hydrogens is 330 g/mol. The summed E-state index contributed by atoms with van der Waals surface area (Å²) in [5, 5.41) is 0. The molecule has 2 aromatic carbocycles. The maximum absolute atomic E-state index is 12.5. The summed E-state index contributed by atoms with van der Waals surface area (Å²) in [6.45, 7) is 0. The second-order valence-corrected chi connectivity index (χ2v) is 5.95. The summed E-state index contributed by atoms with van der Waals surface area (Å²) in [4.78, 5) is 35.5. The molecule has 0 radical (unpaired) electrons. The lowest BCUT2D eigenvalue weighted by atomic mass is 10.1. The van der Waals surface area contributed by atoms with Crippen LogP contribution >= 0.6 is 0 Å². The summed E-state index contributed by atoms with van der Waals surface area (Å²) in [6.07, 6.45) is 3.33.